The number of amides is 1. The minimum Gasteiger partial charge on any atom is -0.383 e. The molecule has 0 fully saturated rings. The number of nitrogens with one attached hydrogen (secondary N) is 1. The molecule has 2 unspecified atom stereocenters. The predicted octanol–water partition coefficient (Wildman–Crippen LogP) is 2.34. The molecule has 19 heavy (non-hydrogen) atoms. The highest BCUT2D eigenvalue weighted by molar-refractivity contribution is 6.03. The summed E-state index contributed by atoms with van der Waals surface area (Å²) in [5.41, 5.74) is 10.4. The normalized spacial score (nSPS) is 19.2. The number of hydrogen-bond acceptors (Lipinski definition) is 3. The van der Waals surface area contributed by atoms with Crippen LogP contribution in [0.5, 0.6) is 0 Å². The van der Waals surface area contributed by atoms with Crippen LogP contribution in [0.3, 0.4) is 0 Å². The third-order valence-electron chi connectivity index (χ3n) is 3.76. The number of fused-ring (bicyclic) bond motifs is 1. The molecule has 0 saturated heterocycles. The number of hydrogen-bond donors (Lipinski definition) is 2. The molecule has 1 aromatic carbocycles. The SMILES string of the molecule is CCc1cc(C(N)COC)c2c(c1)C(CC)C(=O)N2. The van der Waals surface area contributed by atoms with E-state index in [2.05, 4.69) is 24.4 Å². The summed E-state index contributed by atoms with van der Waals surface area (Å²) >= 11 is 0. The number of anilines is 1. The van der Waals surface area contributed by atoms with E-state index in [1.165, 1.54) is 5.56 Å². The first kappa shape index (κ1) is 14.0. The molecule has 0 bridgehead atoms. The molecule has 0 radical (unpaired) electrons. The summed E-state index contributed by atoms with van der Waals surface area (Å²) in [5, 5.41) is 2.98. The lowest BCUT2D eigenvalue weighted by atomic mass is 9.91. The highest BCUT2D eigenvalue weighted by atomic mass is 16.5. The lowest BCUT2D eigenvalue weighted by Crippen LogP contribution is -2.18. The molecule has 1 aliphatic heterocycles. The number of methoxy groups -OCH3 is 1. The van der Waals surface area contributed by atoms with Gasteiger partial charge >= 0.3 is 0 Å². The number of nitrogens with two attached hydrogens (primary N) is 1. The molecule has 1 amide bonds. The Morgan fingerprint density at radius 2 is 2.16 bits per heavy atom. The maximum atomic E-state index is 12.0. The summed E-state index contributed by atoms with van der Waals surface area (Å²) in [5.74, 6) is 0.0339. The van der Waals surface area contributed by atoms with Crippen LogP contribution < -0.4 is 11.1 Å². The van der Waals surface area contributed by atoms with E-state index in [9.17, 15) is 4.79 Å². The molecule has 0 aliphatic carbocycles. The number of carbonyl (C=O) groups is 1. The van der Waals surface area contributed by atoms with Gasteiger partial charge in [-0.15, -0.1) is 0 Å². The first-order chi connectivity index (χ1) is 9.12. The Labute approximate surface area is 114 Å². The number of benzene rings is 1. The van der Waals surface area contributed by atoms with E-state index < -0.39 is 0 Å². The summed E-state index contributed by atoms with van der Waals surface area (Å²) in [6, 6.07) is 4.01. The largest absolute Gasteiger partial charge is 0.383 e. The lowest BCUT2D eigenvalue weighted by Gasteiger charge is -2.17. The van der Waals surface area contributed by atoms with Crippen molar-refractivity contribution in [3.63, 3.8) is 0 Å². The van der Waals surface area contributed by atoms with Gasteiger partial charge in [0.25, 0.3) is 0 Å². The molecule has 4 heteroatoms. The molecule has 2 atom stereocenters. The number of aryl methyl sites for hydroxylation is 1. The van der Waals surface area contributed by atoms with Gasteiger partial charge in [-0.3, -0.25) is 4.79 Å². The molecule has 1 heterocycles. The summed E-state index contributed by atoms with van der Waals surface area (Å²) in [6.45, 7) is 4.59. The van der Waals surface area contributed by atoms with Crippen molar-refractivity contribution in [1.29, 1.82) is 0 Å². The van der Waals surface area contributed by atoms with Crippen molar-refractivity contribution in [3.05, 3.63) is 28.8 Å². The molecule has 1 aliphatic rings. The van der Waals surface area contributed by atoms with E-state index in [1.807, 2.05) is 6.92 Å². The van der Waals surface area contributed by atoms with Gasteiger partial charge in [-0.25, -0.2) is 0 Å². The number of carbonyl (C=O) groups excluding carboxylic acids is 1. The Morgan fingerprint density at radius 3 is 2.74 bits per heavy atom. The molecule has 104 valence electrons. The van der Waals surface area contributed by atoms with E-state index >= 15 is 0 Å². The monoisotopic (exact) mass is 262 g/mol. The molecule has 3 N–H and O–H groups in total. The van der Waals surface area contributed by atoms with E-state index in [0.717, 1.165) is 29.7 Å². The van der Waals surface area contributed by atoms with Crippen molar-refractivity contribution in [2.45, 2.75) is 38.6 Å². The Balaban J connectivity index is 2.50. The van der Waals surface area contributed by atoms with E-state index in [1.54, 1.807) is 7.11 Å². The highest BCUT2D eigenvalue weighted by Gasteiger charge is 2.32. The fourth-order valence-corrected chi connectivity index (χ4v) is 2.69. The zero-order chi connectivity index (χ0) is 14.0. The minimum atomic E-state index is -0.207. The second kappa shape index (κ2) is 5.72. The molecular formula is C15H22N2O2. The van der Waals surface area contributed by atoms with Crippen LogP contribution in [0.15, 0.2) is 12.1 Å². The average molecular weight is 262 g/mol. The fourth-order valence-electron chi connectivity index (χ4n) is 2.69. The van der Waals surface area contributed by atoms with Gasteiger partial charge in [-0.1, -0.05) is 26.0 Å². The third kappa shape index (κ3) is 2.51. The van der Waals surface area contributed by atoms with Crippen LogP contribution in [-0.4, -0.2) is 19.6 Å². The topological polar surface area (TPSA) is 64.3 Å². The van der Waals surface area contributed by atoms with Crippen molar-refractivity contribution in [2.75, 3.05) is 19.0 Å². The maximum Gasteiger partial charge on any atom is 0.232 e. The van der Waals surface area contributed by atoms with E-state index in [0.29, 0.717) is 6.61 Å². The smallest absolute Gasteiger partial charge is 0.232 e. The number of rotatable bonds is 5. The van der Waals surface area contributed by atoms with Gasteiger partial charge in [0.1, 0.15) is 0 Å². The summed E-state index contributed by atoms with van der Waals surface area (Å²) in [4.78, 5) is 12.0. The first-order valence-corrected chi connectivity index (χ1v) is 6.84. The minimum absolute atomic E-state index is 0.0463. The third-order valence-corrected chi connectivity index (χ3v) is 3.76. The zero-order valence-electron chi connectivity index (χ0n) is 11.8. The second-order valence-electron chi connectivity index (χ2n) is 5.01. The van der Waals surface area contributed by atoms with Crippen molar-refractivity contribution >= 4 is 11.6 Å². The molecule has 0 saturated carbocycles. The Hall–Kier alpha value is -1.39. The van der Waals surface area contributed by atoms with Gasteiger partial charge < -0.3 is 15.8 Å². The van der Waals surface area contributed by atoms with Crippen molar-refractivity contribution in [1.82, 2.24) is 0 Å². The molecule has 2 rings (SSSR count). The highest BCUT2D eigenvalue weighted by Crippen LogP contribution is 2.39. The summed E-state index contributed by atoms with van der Waals surface area (Å²) in [7, 11) is 1.64. The van der Waals surface area contributed by atoms with Gasteiger partial charge in [-0.2, -0.15) is 0 Å². The zero-order valence-corrected chi connectivity index (χ0v) is 11.8. The quantitative estimate of drug-likeness (QED) is 0.856. The average Bonchev–Trinajstić information content (AvgIpc) is 2.72. The summed E-state index contributed by atoms with van der Waals surface area (Å²) < 4.78 is 5.13. The van der Waals surface area contributed by atoms with Crippen LogP contribution in [0.1, 0.15) is 48.9 Å². The van der Waals surface area contributed by atoms with Crippen LogP contribution in [0, 0.1) is 0 Å². The lowest BCUT2D eigenvalue weighted by molar-refractivity contribution is -0.117. The Morgan fingerprint density at radius 1 is 1.42 bits per heavy atom. The maximum absolute atomic E-state index is 12.0. The Kier molecular flexibility index (Phi) is 4.22. The fraction of sp³-hybridized carbons (Fsp3) is 0.533. The molecule has 1 aromatic rings. The van der Waals surface area contributed by atoms with Crippen molar-refractivity contribution < 1.29 is 9.53 Å². The number of ether oxygens (including phenoxy) is 1. The van der Waals surface area contributed by atoms with Crippen LogP contribution >= 0.6 is 0 Å². The standard InChI is InChI=1S/C15H22N2O2/c1-4-9-6-11-10(5-2)15(18)17-14(11)12(7-9)13(16)8-19-3/h6-7,10,13H,4-5,8,16H2,1-3H3,(H,17,18). The second-order valence-corrected chi connectivity index (χ2v) is 5.01. The van der Waals surface area contributed by atoms with Crippen LogP contribution in [-0.2, 0) is 16.0 Å². The van der Waals surface area contributed by atoms with Gasteiger partial charge in [0.2, 0.25) is 5.91 Å². The van der Waals surface area contributed by atoms with E-state index in [-0.39, 0.29) is 17.9 Å². The van der Waals surface area contributed by atoms with Gasteiger partial charge in [-0.05, 0) is 29.5 Å². The van der Waals surface area contributed by atoms with E-state index in [4.69, 9.17) is 10.5 Å². The summed E-state index contributed by atoms with van der Waals surface area (Å²) in [6.07, 6.45) is 1.75. The predicted molar refractivity (Wildman–Crippen MR) is 76.3 cm³/mol. The van der Waals surface area contributed by atoms with Gasteiger partial charge in [0, 0.05) is 12.8 Å². The van der Waals surface area contributed by atoms with Gasteiger partial charge in [0.05, 0.1) is 18.6 Å². The van der Waals surface area contributed by atoms with Crippen LogP contribution in [0.2, 0.25) is 0 Å². The Bertz CT molecular complexity index is 485. The molecule has 0 spiro atoms. The molecule has 4 nitrogen and oxygen atoms in total. The van der Waals surface area contributed by atoms with Crippen LogP contribution in [0.4, 0.5) is 5.69 Å². The first-order valence-electron chi connectivity index (χ1n) is 6.84. The van der Waals surface area contributed by atoms with Crippen LogP contribution in [0.25, 0.3) is 0 Å². The molecular weight excluding hydrogens is 240 g/mol. The molecule has 0 aromatic heterocycles. The van der Waals surface area contributed by atoms with Crippen molar-refractivity contribution in [3.8, 4) is 0 Å². The van der Waals surface area contributed by atoms with Gasteiger partial charge in [0.15, 0.2) is 0 Å². The van der Waals surface area contributed by atoms with Crippen molar-refractivity contribution in [2.24, 2.45) is 5.73 Å².